The summed E-state index contributed by atoms with van der Waals surface area (Å²) in [4.78, 5) is 0. The lowest BCUT2D eigenvalue weighted by Gasteiger charge is -2.34. The first-order chi connectivity index (χ1) is 27.8. The minimum Gasteiger partial charge on any atom is -0.457 e. The largest absolute Gasteiger partial charge is 0.457 e. The summed E-state index contributed by atoms with van der Waals surface area (Å²) < 4.78 is 118. The van der Waals surface area contributed by atoms with E-state index in [0.29, 0.717) is 34.1 Å². The van der Waals surface area contributed by atoms with Crippen molar-refractivity contribution in [3.05, 3.63) is 131 Å². The molecule has 0 atom stereocenters. The Morgan fingerprint density at radius 3 is 1.10 bits per heavy atom. The van der Waals surface area contributed by atoms with E-state index >= 15 is 0 Å². The van der Waals surface area contributed by atoms with Gasteiger partial charge in [-0.1, -0.05) is 123 Å². The maximum Gasteiger partial charge on any atom is 0.134 e. The topological polar surface area (TPSA) is 18.5 Å². The van der Waals surface area contributed by atoms with Gasteiger partial charge in [0.05, 0.1) is 0 Å². The summed E-state index contributed by atoms with van der Waals surface area (Å²) in [6.45, 7) is -2.82. The molecule has 0 aliphatic carbocycles. The number of benzene rings is 6. The maximum atomic E-state index is 8.78. The normalized spacial score (nSPS) is 19.7. The van der Waals surface area contributed by atoms with Crippen molar-refractivity contribution in [3.8, 4) is 56.4 Å². The molecule has 6 aromatic rings. The summed E-state index contributed by atoms with van der Waals surface area (Å²) in [5.74, 6) is 2.14. The monoisotopic (exact) mass is 670 g/mol. The SMILES string of the molecule is [2H]C([2H])([2H])c1cc(-c2cccc3c2Oc2ccccc2[Si]3(C)C)c(C([2H])([2H])[2H])cc1-c1cc(C([2H])([2H])[2H])c(-c2cccc3c2Oc2ccccc2[Si]3(C)C)cc1C([2H])([2H])[2H]. The molecule has 0 N–H and O–H groups in total. The second-order valence-electron chi connectivity index (χ2n) is 13.7. The Morgan fingerprint density at radius 2 is 0.729 bits per heavy atom. The van der Waals surface area contributed by atoms with E-state index in [0.717, 1.165) is 20.7 Å². The van der Waals surface area contributed by atoms with Crippen LogP contribution in [0.15, 0.2) is 109 Å². The van der Waals surface area contributed by atoms with Crippen LogP contribution in [0.5, 0.6) is 23.0 Å². The number of rotatable bonds is 3. The molecule has 4 heteroatoms. The predicted octanol–water partition coefficient (Wildman–Crippen LogP) is 9.78. The number of hydrogen-bond acceptors (Lipinski definition) is 2. The first-order valence-corrected chi connectivity index (χ1v) is 22.0. The van der Waals surface area contributed by atoms with Crippen molar-refractivity contribution in [2.45, 2.75) is 53.6 Å². The summed E-state index contributed by atoms with van der Waals surface area (Å²) >= 11 is 0. The van der Waals surface area contributed by atoms with E-state index in [1.165, 1.54) is 24.3 Å². The van der Waals surface area contributed by atoms with Gasteiger partial charge in [-0.3, -0.25) is 0 Å². The first kappa shape index (κ1) is 20.0. The zero-order valence-electron chi connectivity index (χ0n) is 39.2. The Kier molecular flexibility index (Phi) is 4.56. The number of fused-ring (bicyclic) bond motifs is 4. The fourth-order valence-electron chi connectivity index (χ4n) is 7.45. The minimum absolute atomic E-state index is 0.0918. The fraction of sp³-hybridized carbons (Fsp3) is 0.182. The van der Waals surface area contributed by atoms with Gasteiger partial charge in [-0.25, -0.2) is 0 Å². The molecule has 0 saturated carbocycles. The van der Waals surface area contributed by atoms with Crippen LogP contribution in [0.1, 0.15) is 38.7 Å². The van der Waals surface area contributed by atoms with Crippen LogP contribution in [0.3, 0.4) is 0 Å². The van der Waals surface area contributed by atoms with Gasteiger partial charge in [-0.2, -0.15) is 0 Å². The van der Waals surface area contributed by atoms with E-state index in [2.05, 4.69) is 26.2 Å². The third-order valence-corrected chi connectivity index (χ3v) is 17.1. The van der Waals surface area contributed by atoms with Crippen LogP contribution in [0, 0.1) is 27.4 Å². The zero-order valence-corrected chi connectivity index (χ0v) is 29.2. The summed E-state index contributed by atoms with van der Waals surface area (Å²) in [6, 6.07) is 31.2. The fourth-order valence-corrected chi connectivity index (χ4v) is 13.1. The van der Waals surface area contributed by atoms with Crippen LogP contribution in [-0.4, -0.2) is 16.1 Å². The Morgan fingerprint density at radius 1 is 0.396 bits per heavy atom. The van der Waals surface area contributed by atoms with Crippen molar-refractivity contribution >= 4 is 36.9 Å². The van der Waals surface area contributed by atoms with E-state index in [-0.39, 0.29) is 44.5 Å². The number of aryl methyl sites for hydroxylation is 4. The van der Waals surface area contributed by atoms with Gasteiger partial charge in [0.25, 0.3) is 0 Å². The van der Waals surface area contributed by atoms with E-state index in [4.69, 9.17) is 25.9 Å². The van der Waals surface area contributed by atoms with Crippen molar-refractivity contribution in [1.29, 1.82) is 0 Å². The second kappa shape index (κ2) is 10.9. The van der Waals surface area contributed by atoms with Crippen LogP contribution in [0.4, 0.5) is 0 Å². The minimum atomic E-state index is -2.91. The van der Waals surface area contributed by atoms with Gasteiger partial charge in [0.15, 0.2) is 0 Å². The Labute approximate surface area is 303 Å². The van der Waals surface area contributed by atoms with Crippen molar-refractivity contribution in [1.82, 2.24) is 0 Å². The molecule has 2 heterocycles. The van der Waals surface area contributed by atoms with E-state index < -0.39 is 43.6 Å². The van der Waals surface area contributed by atoms with E-state index in [9.17, 15) is 0 Å². The summed E-state index contributed by atoms with van der Waals surface area (Å²) in [5, 5.41) is 3.93. The lowest BCUT2D eigenvalue weighted by Crippen LogP contribution is -2.56. The molecule has 0 spiro atoms. The first-order valence-electron chi connectivity index (χ1n) is 22.0. The van der Waals surface area contributed by atoms with Crippen molar-refractivity contribution in [3.63, 3.8) is 0 Å². The van der Waals surface area contributed by atoms with Crippen molar-refractivity contribution in [2.24, 2.45) is 0 Å². The van der Waals surface area contributed by atoms with Gasteiger partial charge >= 0.3 is 0 Å². The van der Waals surface area contributed by atoms with Crippen LogP contribution < -0.4 is 30.2 Å². The average Bonchev–Trinajstić information content (AvgIpc) is 3.15. The third kappa shape index (κ3) is 4.57. The number of ether oxygens (including phenoxy) is 2. The van der Waals surface area contributed by atoms with Gasteiger partial charge in [-0.15, -0.1) is 0 Å². The molecule has 6 aromatic carbocycles. The van der Waals surface area contributed by atoms with Gasteiger partial charge in [0.1, 0.15) is 39.1 Å². The molecular formula is C44H42O2Si2. The Hall–Kier alpha value is -4.65. The lowest BCUT2D eigenvalue weighted by atomic mass is 9.87. The van der Waals surface area contributed by atoms with E-state index in [1.807, 2.05) is 60.7 Å². The van der Waals surface area contributed by atoms with Crippen molar-refractivity contribution in [2.75, 3.05) is 0 Å². The average molecular weight is 671 g/mol. The molecule has 0 fully saturated rings. The summed E-state index contributed by atoms with van der Waals surface area (Å²) in [6.07, 6.45) is 0. The molecule has 0 bridgehead atoms. The molecule has 8 rings (SSSR count). The molecule has 2 aliphatic heterocycles. The van der Waals surface area contributed by atoms with Gasteiger partial charge in [0.2, 0.25) is 0 Å². The quantitative estimate of drug-likeness (QED) is 0.175. The molecule has 0 unspecified atom stereocenters. The van der Waals surface area contributed by atoms with E-state index in [1.54, 1.807) is 24.3 Å². The predicted molar refractivity (Wildman–Crippen MR) is 208 cm³/mol. The molecule has 0 radical (unpaired) electrons. The van der Waals surface area contributed by atoms with Crippen LogP contribution in [0.2, 0.25) is 26.2 Å². The highest BCUT2D eigenvalue weighted by Crippen LogP contribution is 2.43. The Bertz CT molecular complexity index is 2540. The highest BCUT2D eigenvalue weighted by Gasteiger charge is 2.38. The van der Waals surface area contributed by atoms with Crippen molar-refractivity contribution < 1.29 is 25.9 Å². The van der Waals surface area contributed by atoms with Gasteiger partial charge in [0, 0.05) is 27.6 Å². The molecule has 0 amide bonds. The molecule has 2 aliphatic rings. The highest BCUT2D eigenvalue weighted by molar-refractivity contribution is 7.02. The van der Waals surface area contributed by atoms with Crippen LogP contribution in [-0.2, 0) is 0 Å². The van der Waals surface area contributed by atoms with Crippen LogP contribution in [0.25, 0.3) is 33.4 Å². The lowest BCUT2D eigenvalue weighted by molar-refractivity contribution is 0.488. The summed E-state index contributed by atoms with van der Waals surface area (Å²) in [7, 11) is -4.79. The van der Waals surface area contributed by atoms with Gasteiger partial charge < -0.3 is 9.47 Å². The van der Waals surface area contributed by atoms with Gasteiger partial charge in [-0.05, 0) is 105 Å². The zero-order chi connectivity index (χ0) is 43.5. The number of para-hydroxylation sites is 4. The third-order valence-electron chi connectivity index (χ3n) is 10.1. The maximum absolute atomic E-state index is 8.78. The highest BCUT2D eigenvalue weighted by atomic mass is 28.3. The second-order valence-corrected chi connectivity index (χ2v) is 22.4. The molecular weight excluding hydrogens is 617 g/mol. The van der Waals surface area contributed by atoms with Crippen LogP contribution >= 0.6 is 0 Å². The molecule has 0 aromatic heterocycles. The summed E-state index contributed by atoms with van der Waals surface area (Å²) in [5.41, 5.74) is -0.653. The Balaban J connectivity index is 1.42. The smallest absolute Gasteiger partial charge is 0.134 e. The standard InChI is InChI=1S/C44H42O2Si2/c1-27-25-35(29(3)23-33(27)31-15-13-21-41-43(31)45-37-17-9-11-19-39(37)47(41,5)6)36-26-28(2)34(24-30(36)4)32-16-14-22-42-44(32)46-38-18-10-12-20-40(38)48(42,7)8/h9-26H,1-8H3/i1D3,2D3,3D3,4D3. The molecule has 238 valence electrons. The number of hydrogen-bond donors (Lipinski definition) is 0. The molecule has 2 nitrogen and oxygen atoms in total. The molecule has 48 heavy (non-hydrogen) atoms. The molecule has 0 saturated heterocycles.